The second-order valence-electron chi connectivity index (χ2n) is 5.69. The van der Waals surface area contributed by atoms with E-state index in [1.807, 2.05) is 30.3 Å². The van der Waals surface area contributed by atoms with E-state index in [1.54, 1.807) is 0 Å². The molecule has 0 bridgehead atoms. The molecule has 0 saturated carbocycles. The van der Waals surface area contributed by atoms with E-state index in [9.17, 15) is 9.18 Å². The molecule has 22 heavy (non-hydrogen) atoms. The summed E-state index contributed by atoms with van der Waals surface area (Å²) in [5.41, 5.74) is 1.33. The number of amides is 1. The summed E-state index contributed by atoms with van der Waals surface area (Å²) >= 11 is 5.96. The molecule has 0 heterocycles. The zero-order valence-corrected chi connectivity index (χ0v) is 13.4. The van der Waals surface area contributed by atoms with Crippen LogP contribution in [-0.2, 0) is 0 Å². The fraction of sp³-hybridized carbons (Fsp3) is 0.278. The highest BCUT2D eigenvalue weighted by Crippen LogP contribution is 2.23. The second kappa shape index (κ2) is 7.41. The van der Waals surface area contributed by atoms with E-state index in [2.05, 4.69) is 19.2 Å². The molecular formula is C18H19ClFNO. The SMILES string of the molecule is CC(C)CC(NC(=O)c1ccc(F)cc1Cl)c1ccccc1. The Balaban J connectivity index is 2.21. The minimum absolute atomic E-state index is 0.102. The molecule has 2 aromatic carbocycles. The minimum atomic E-state index is -0.455. The monoisotopic (exact) mass is 319 g/mol. The fourth-order valence-electron chi connectivity index (χ4n) is 2.34. The van der Waals surface area contributed by atoms with E-state index in [0.29, 0.717) is 5.92 Å². The predicted molar refractivity (Wildman–Crippen MR) is 87.5 cm³/mol. The number of hydrogen-bond acceptors (Lipinski definition) is 1. The van der Waals surface area contributed by atoms with E-state index >= 15 is 0 Å². The summed E-state index contributed by atoms with van der Waals surface area (Å²) in [7, 11) is 0. The summed E-state index contributed by atoms with van der Waals surface area (Å²) in [6.45, 7) is 4.21. The highest BCUT2D eigenvalue weighted by atomic mass is 35.5. The van der Waals surface area contributed by atoms with Crippen molar-refractivity contribution in [1.29, 1.82) is 0 Å². The summed E-state index contributed by atoms with van der Waals surface area (Å²) < 4.78 is 13.1. The van der Waals surface area contributed by atoms with Crippen LogP contribution in [0.4, 0.5) is 4.39 Å². The van der Waals surface area contributed by atoms with E-state index in [-0.39, 0.29) is 22.5 Å². The highest BCUT2D eigenvalue weighted by Gasteiger charge is 2.18. The normalized spacial score (nSPS) is 12.2. The van der Waals surface area contributed by atoms with Crippen LogP contribution >= 0.6 is 11.6 Å². The molecule has 1 N–H and O–H groups in total. The number of rotatable bonds is 5. The maximum atomic E-state index is 13.1. The molecular weight excluding hydrogens is 301 g/mol. The van der Waals surface area contributed by atoms with Crippen molar-refractivity contribution in [1.82, 2.24) is 5.32 Å². The Hall–Kier alpha value is -1.87. The number of hydrogen-bond donors (Lipinski definition) is 1. The Morgan fingerprint density at radius 3 is 2.45 bits per heavy atom. The smallest absolute Gasteiger partial charge is 0.253 e. The lowest BCUT2D eigenvalue weighted by molar-refractivity contribution is 0.0932. The molecule has 4 heteroatoms. The topological polar surface area (TPSA) is 29.1 Å². The molecule has 1 amide bonds. The number of carbonyl (C=O) groups is 1. The third kappa shape index (κ3) is 4.31. The lowest BCUT2D eigenvalue weighted by Crippen LogP contribution is -2.29. The van der Waals surface area contributed by atoms with E-state index < -0.39 is 5.82 Å². The van der Waals surface area contributed by atoms with Gasteiger partial charge in [-0.1, -0.05) is 55.8 Å². The summed E-state index contributed by atoms with van der Waals surface area (Å²) in [6, 6.07) is 13.5. The quantitative estimate of drug-likeness (QED) is 0.826. The summed E-state index contributed by atoms with van der Waals surface area (Å²) in [6.07, 6.45) is 0.814. The van der Waals surface area contributed by atoms with Crippen molar-refractivity contribution in [2.75, 3.05) is 0 Å². The molecule has 2 rings (SSSR count). The Morgan fingerprint density at radius 1 is 1.18 bits per heavy atom. The maximum absolute atomic E-state index is 13.1. The summed E-state index contributed by atoms with van der Waals surface area (Å²) in [5, 5.41) is 3.11. The Bertz CT molecular complexity index is 643. The zero-order valence-electron chi connectivity index (χ0n) is 12.6. The molecule has 0 saturated heterocycles. The average molecular weight is 320 g/mol. The van der Waals surface area contributed by atoms with Crippen LogP contribution in [-0.4, -0.2) is 5.91 Å². The van der Waals surface area contributed by atoms with Gasteiger partial charge in [-0.3, -0.25) is 4.79 Å². The Kier molecular flexibility index (Phi) is 5.56. The van der Waals surface area contributed by atoms with Gasteiger partial charge in [0, 0.05) is 0 Å². The van der Waals surface area contributed by atoms with Crippen LogP contribution in [0.5, 0.6) is 0 Å². The van der Waals surface area contributed by atoms with Gasteiger partial charge < -0.3 is 5.32 Å². The Labute approximate surface area is 135 Å². The van der Waals surface area contributed by atoms with Crippen LogP contribution in [0.3, 0.4) is 0 Å². The van der Waals surface area contributed by atoms with Gasteiger partial charge in [0.05, 0.1) is 16.6 Å². The van der Waals surface area contributed by atoms with Crippen molar-refractivity contribution >= 4 is 17.5 Å². The molecule has 0 spiro atoms. The summed E-state index contributed by atoms with van der Waals surface area (Å²) in [4.78, 5) is 12.4. The third-order valence-corrected chi connectivity index (χ3v) is 3.70. The molecule has 116 valence electrons. The van der Waals surface area contributed by atoms with Gasteiger partial charge in [-0.25, -0.2) is 4.39 Å². The van der Waals surface area contributed by atoms with Crippen molar-refractivity contribution in [3.05, 3.63) is 70.5 Å². The van der Waals surface area contributed by atoms with Gasteiger partial charge in [0.1, 0.15) is 5.82 Å². The van der Waals surface area contributed by atoms with Crippen molar-refractivity contribution in [2.24, 2.45) is 5.92 Å². The van der Waals surface area contributed by atoms with Crippen LogP contribution in [0.2, 0.25) is 5.02 Å². The van der Waals surface area contributed by atoms with Gasteiger partial charge in [0.15, 0.2) is 0 Å². The van der Waals surface area contributed by atoms with Crippen LogP contribution in [0.25, 0.3) is 0 Å². The van der Waals surface area contributed by atoms with Crippen molar-refractivity contribution in [2.45, 2.75) is 26.3 Å². The first kappa shape index (κ1) is 16.5. The molecule has 0 radical (unpaired) electrons. The minimum Gasteiger partial charge on any atom is -0.345 e. The molecule has 2 aromatic rings. The molecule has 1 atom stereocenters. The number of nitrogens with one attached hydrogen (secondary N) is 1. The van der Waals surface area contributed by atoms with Gasteiger partial charge in [0.2, 0.25) is 0 Å². The van der Waals surface area contributed by atoms with Crippen molar-refractivity contribution in [3.63, 3.8) is 0 Å². The van der Waals surface area contributed by atoms with Crippen LogP contribution in [0, 0.1) is 11.7 Å². The fourth-order valence-corrected chi connectivity index (χ4v) is 2.60. The van der Waals surface area contributed by atoms with Gasteiger partial charge in [0.25, 0.3) is 5.91 Å². The van der Waals surface area contributed by atoms with E-state index in [4.69, 9.17) is 11.6 Å². The van der Waals surface area contributed by atoms with Gasteiger partial charge >= 0.3 is 0 Å². The van der Waals surface area contributed by atoms with Gasteiger partial charge in [-0.15, -0.1) is 0 Å². The molecule has 0 aliphatic rings. The van der Waals surface area contributed by atoms with Crippen LogP contribution in [0.1, 0.15) is 42.2 Å². The van der Waals surface area contributed by atoms with Crippen molar-refractivity contribution < 1.29 is 9.18 Å². The Morgan fingerprint density at radius 2 is 1.86 bits per heavy atom. The van der Waals surface area contributed by atoms with E-state index in [0.717, 1.165) is 18.1 Å². The first-order valence-corrected chi connectivity index (χ1v) is 7.66. The van der Waals surface area contributed by atoms with Gasteiger partial charge in [-0.2, -0.15) is 0 Å². The number of halogens is 2. The van der Waals surface area contributed by atoms with E-state index in [1.165, 1.54) is 12.1 Å². The van der Waals surface area contributed by atoms with Gasteiger partial charge in [-0.05, 0) is 36.1 Å². The standard InChI is InChI=1S/C18H19ClFNO/c1-12(2)10-17(13-6-4-3-5-7-13)21-18(22)15-9-8-14(20)11-16(15)19/h3-9,11-12,17H,10H2,1-2H3,(H,21,22). The first-order chi connectivity index (χ1) is 10.5. The average Bonchev–Trinajstić information content (AvgIpc) is 2.46. The molecule has 0 aliphatic heterocycles. The lowest BCUT2D eigenvalue weighted by atomic mass is 9.96. The van der Waals surface area contributed by atoms with Crippen molar-refractivity contribution in [3.8, 4) is 0 Å². The van der Waals surface area contributed by atoms with Crippen LogP contribution in [0.15, 0.2) is 48.5 Å². The maximum Gasteiger partial charge on any atom is 0.253 e. The first-order valence-electron chi connectivity index (χ1n) is 7.28. The predicted octanol–water partition coefficient (Wildman–Crippen LogP) is 5.00. The molecule has 0 aromatic heterocycles. The number of benzene rings is 2. The number of carbonyl (C=O) groups excluding carboxylic acids is 1. The zero-order chi connectivity index (χ0) is 16.1. The summed E-state index contributed by atoms with van der Waals surface area (Å²) in [5.74, 6) is -0.322. The molecule has 1 unspecified atom stereocenters. The highest BCUT2D eigenvalue weighted by molar-refractivity contribution is 6.33. The molecule has 2 nitrogen and oxygen atoms in total. The molecule has 0 fully saturated rings. The molecule has 0 aliphatic carbocycles. The second-order valence-corrected chi connectivity index (χ2v) is 6.10. The third-order valence-electron chi connectivity index (χ3n) is 3.39. The van der Waals surface area contributed by atoms with Crippen LogP contribution < -0.4 is 5.32 Å². The lowest BCUT2D eigenvalue weighted by Gasteiger charge is -2.21. The largest absolute Gasteiger partial charge is 0.345 e.